The molecule has 4 nitrogen and oxygen atoms in total. The molecule has 0 N–H and O–H groups in total. The molecule has 0 amide bonds. The quantitative estimate of drug-likeness (QED) is 0.367. The Balaban J connectivity index is 0. The van der Waals surface area contributed by atoms with Crippen LogP contribution in [0.15, 0.2) is 0 Å². The zero-order valence-electron chi connectivity index (χ0n) is 8.84. The summed E-state index contributed by atoms with van der Waals surface area (Å²) >= 11 is 0. The van der Waals surface area contributed by atoms with Crippen LogP contribution in [0.4, 0.5) is 0 Å². The standard InChI is InChI=1S/C8H14O4.Na/c1-8(2,3)12-7(10)5-6(9)11-4;/h5H2,1-4H3;. The van der Waals surface area contributed by atoms with Gasteiger partial charge in [-0.15, -0.1) is 0 Å². The molecule has 0 aromatic carbocycles. The summed E-state index contributed by atoms with van der Waals surface area (Å²) in [6, 6.07) is 0. The van der Waals surface area contributed by atoms with E-state index in [1.807, 2.05) is 0 Å². The van der Waals surface area contributed by atoms with Gasteiger partial charge in [-0.1, -0.05) is 0 Å². The summed E-state index contributed by atoms with van der Waals surface area (Å²) in [6.45, 7) is 5.21. The molecular weight excluding hydrogens is 183 g/mol. The Morgan fingerprint density at radius 2 is 1.62 bits per heavy atom. The monoisotopic (exact) mass is 197 g/mol. The van der Waals surface area contributed by atoms with Crippen molar-refractivity contribution >= 4 is 41.5 Å². The van der Waals surface area contributed by atoms with Gasteiger partial charge in [0.1, 0.15) is 12.0 Å². The molecule has 0 atom stereocenters. The third-order valence-electron chi connectivity index (χ3n) is 0.936. The number of methoxy groups -OCH3 is 1. The van der Waals surface area contributed by atoms with Crippen LogP contribution in [0.3, 0.4) is 0 Å². The summed E-state index contributed by atoms with van der Waals surface area (Å²) in [7, 11) is 1.23. The van der Waals surface area contributed by atoms with E-state index in [1.54, 1.807) is 20.8 Å². The Labute approximate surface area is 100 Å². The predicted octanol–water partition coefficient (Wildman–Crippen LogP) is 0.510. The molecule has 0 aromatic rings. The van der Waals surface area contributed by atoms with Crippen molar-refractivity contribution in [1.82, 2.24) is 0 Å². The van der Waals surface area contributed by atoms with E-state index in [2.05, 4.69) is 4.74 Å². The van der Waals surface area contributed by atoms with Crippen molar-refractivity contribution in [3.05, 3.63) is 0 Å². The Kier molecular flexibility index (Phi) is 7.59. The Hall–Kier alpha value is -0.0600. The first kappa shape index (κ1) is 15.4. The summed E-state index contributed by atoms with van der Waals surface area (Å²) in [4.78, 5) is 21.5. The molecule has 0 aliphatic rings. The minimum Gasteiger partial charge on any atom is -0.469 e. The van der Waals surface area contributed by atoms with Crippen LogP contribution in [0.2, 0.25) is 0 Å². The fourth-order valence-corrected chi connectivity index (χ4v) is 0.568. The van der Waals surface area contributed by atoms with E-state index >= 15 is 0 Å². The molecule has 1 radical (unpaired) electrons. The zero-order valence-corrected chi connectivity index (χ0v) is 10.8. The van der Waals surface area contributed by atoms with Crippen LogP contribution >= 0.6 is 0 Å². The van der Waals surface area contributed by atoms with Crippen molar-refractivity contribution in [3.63, 3.8) is 0 Å². The van der Waals surface area contributed by atoms with Crippen molar-refractivity contribution in [2.45, 2.75) is 32.8 Å². The second-order valence-corrected chi connectivity index (χ2v) is 3.34. The van der Waals surface area contributed by atoms with Crippen molar-refractivity contribution in [2.24, 2.45) is 0 Å². The molecule has 0 spiro atoms. The van der Waals surface area contributed by atoms with Gasteiger partial charge in [0, 0.05) is 29.6 Å². The van der Waals surface area contributed by atoms with Gasteiger partial charge in [-0.3, -0.25) is 9.59 Å². The maximum atomic E-state index is 10.9. The smallest absolute Gasteiger partial charge is 0.317 e. The maximum absolute atomic E-state index is 10.9. The van der Waals surface area contributed by atoms with Crippen molar-refractivity contribution in [1.29, 1.82) is 0 Å². The number of hydrogen-bond acceptors (Lipinski definition) is 4. The molecule has 13 heavy (non-hydrogen) atoms. The second kappa shape index (κ2) is 6.40. The average Bonchev–Trinajstić information content (AvgIpc) is 1.82. The third-order valence-corrected chi connectivity index (χ3v) is 0.936. The topological polar surface area (TPSA) is 52.6 Å². The molecule has 0 fully saturated rings. The molecule has 0 unspecified atom stereocenters. The average molecular weight is 197 g/mol. The number of rotatable bonds is 2. The van der Waals surface area contributed by atoms with Crippen LogP contribution in [-0.4, -0.2) is 54.2 Å². The van der Waals surface area contributed by atoms with E-state index in [4.69, 9.17) is 4.74 Å². The molecule has 5 heteroatoms. The second-order valence-electron chi connectivity index (χ2n) is 3.34. The first-order valence-corrected chi connectivity index (χ1v) is 3.64. The van der Waals surface area contributed by atoms with E-state index in [9.17, 15) is 9.59 Å². The van der Waals surface area contributed by atoms with Crippen LogP contribution in [0.1, 0.15) is 27.2 Å². The number of carbonyl (C=O) groups is 2. The summed E-state index contributed by atoms with van der Waals surface area (Å²) in [5, 5.41) is 0. The van der Waals surface area contributed by atoms with Gasteiger partial charge in [0.25, 0.3) is 0 Å². The third kappa shape index (κ3) is 9.86. The summed E-state index contributed by atoms with van der Waals surface area (Å²) in [6.07, 6.45) is -0.326. The SMILES string of the molecule is COC(=O)CC(=O)OC(C)(C)C.[Na]. The molecule has 0 saturated carbocycles. The van der Waals surface area contributed by atoms with Crippen LogP contribution in [0, 0.1) is 0 Å². The van der Waals surface area contributed by atoms with Crippen LogP contribution in [0.25, 0.3) is 0 Å². The largest absolute Gasteiger partial charge is 0.469 e. The van der Waals surface area contributed by atoms with Crippen LogP contribution in [-0.2, 0) is 19.1 Å². The summed E-state index contributed by atoms with van der Waals surface area (Å²) in [5.41, 5.74) is -0.550. The first-order chi connectivity index (χ1) is 5.35. The Bertz CT molecular complexity index is 183. The van der Waals surface area contributed by atoms with Crippen molar-refractivity contribution in [3.8, 4) is 0 Å². The number of carbonyl (C=O) groups excluding carboxylic acids is 2. The minimum absolute atomic E-state index is 0. The molecule has 71 valence electrons. The molecule has 0 rings (SSSR count). The minimum atomic E-state index is -0.579. The van der Waals surface area contributed by atoms with Crippen molar-refractivity contribution in [2.75, 3.05) is 7.11 Å². The molecule has 0 aliphatic heterocycles. The number of hydrogen-bond donors (Lipinski definition) is 0. The van der Waals surface area contributed by atoms with Crippen LogP contribution < -0.4 is 0 Å². The molecule has 0 aliphatic carbocycles. The van der Waals surface area contributed by atoms with Gasteiger partial charge < -0.3 is 9.47 Å². The molecule has 0 heterocycles. The molecule has 0 bridgehead atoms. The zero-order chi connectivity index (χ0) is 9.78. The van der Waals surface area contributed by atoms with Gasteiger partial charge in [0.05, 0.1) is 7.11 Å². The van der Waals surface area contributed by atoms with Gasteiger partial charge in [0.15, 0.2) is 0 Å². The summed E-state index contributed by atoms with van der Waals surface area (Å²) < 4.78 is 9.17. The van der Waals surface area contributed by atoms with E-state index in [1.165, 1.54) is 7.11 Å². The van der Waals surface area contributed by atoms with Gasteiger partial charge in [-0.2, -0.15) is 0 Å². The molecule has 0 saturated heterocycles. The Morgan fingerprint density at radius 3 is 1.92 bits per heavy atom. The number of esters is 2. The van der Waals surface area contributed by atoms with Crippen LogP contribution in [0.5, 0.6) is 0 Å². The summed E-state index contributed by atoms with van der Waals surface area (Å²) in [5.74, 6) is -1.14. The van der Waals surface area contributed by atoms with Gasteiger partial charge >= 0.3 is 11.9 Å². The maximum Gasteiger partial charge on any atom is 0.317 e. The number of ether oxygens (including phenoxy) is 2. The van der Waals surface area contributed by atoms with E-state index in [-0.39, 0.29) is 36.0 Å². The van der Waals surface area contributed by atoms with E-state index in [0.717, 1.165) is 0 Å². The van der Waals surface area contributed by atoms with E-state index < -0.39 is 17.5 Å². The van der Waals surface area contributed by atoms with E-state index in [0.29, 0.717) is 0 Å². The van der Waals surface area contributed by atoms with Crippen molar-refractivity contribution < 1.29 is 19.1 Å². The van der Waals surface area contributed by atoms with Gasteiger partial charge in [0.2, 0.25) is 0 Å². The fraction of sp³-hybridized carbons (Fsp3) is 0.750. The predicted molar refractivity (Wildman–Crippen MR) is 48.2 cm³/mol. The molecular formula is C8H14NaO4. The van der Waals surface area contributed by atoms with Gasteiger partial charge in [-0.05, 0) is 20.8 Å². The first-order valence-electron chi connectivity index (χ1n) is 3.64. The Morgan fingerprint density at radius 1 is 1.15 bits per heavy atom. The molecule has 0 aromatic heterocycles. The fourth-order valence-electron chi connectivity index (χ4n) is 0.568. The van der Waals surface area contributed by atoms with Gasteiger partial charge in [-0.25, -0.2) is 0 Å². The normalized spacial score (nSPS) is 9.85.